The molecule has 2 nitrogen and oxygen atoms in total. The second-order valence-corrected chi connectivity index (χ2v) is 9.21. The summed E-state index contributed by atoms with van der Waals surface area (Å²) in [6, 6.07) is 19.0. The summed E-state index contributed by atoms with van der Waals surface area (Å²) in [7, 11) is 0. The Morgan fingerprint density at radius 2 is 1.26 bits per heavy atom. The van der Waals surface area contributed by atoms with Crippen molar-refractivity contribution in [2.24, 2.45) is 0 Å². The monoisotopic (exact) mass is 494 g/mol. The van der Waals surface area contributed by atoms with Crippen LogP contribution in [0.5, 0.6) is 0 Å². The van der Waals surface area contributed by atoms with Gasteiger partial charge in [0.15, 0.2) is 0 Å². The highest BCUT2D eigenvalue weighted by Crippen LogP contribution is 2.39. The van der Waals surface area contributed by atoms with Crippen LogP contribution in [0.2, 0.25) is 0 Å². The van der Waals surface area contributed by atoms with Crippen molar-refractivity contribution in [3.63, 3.8) is 0 Å². The summed E-state index contributed by atoms with van der Waals surface area (Å²) in [5.74, 6) is 0. The van der Waals surface area contributed by atoms with E-state index < -0.39 is 23.5 Å². The van der Waals surface area contributed by atoms with E-state index in [1.54, 1.807) is 0 Å². The molecule has 1 aliphatic heterocycles. The Kier molecular flexibility index (Phi) is 6.97. The predicted octanol–water partition coefficient (Wildman–Crippen LogP) is 7.06. The third-order valence-corrected chi connectivity index (χ3v) is 6.83. The highest BCUT2D eigenvalue weighted by molar-refractivity contribution is 5.63. The van der Waals surface area contributed by atoms with Crippen LogP contribution in [0.25, 0.3) is 11.1 Å². The Morgan fingerprint density at radius 3 is 1.80 bits per heavy atom. The van der Waals surface area contributed by atoms with E-state index in [0.717, 1.165) is 35.2 Å². The lowest BCUT2D eigenvalue weighted by Gasteiger charge is -2.40. The zero-order chi connectivity index (χ0) is 25.3. The maximum atomic E-state index is 13.4. The molecule has 0 spiro atoms. The molecule has 8 heteroatoms. The van der Waals surface area contributed by atoms with E-state index in [2.05, 4.69) is 0 Å². The van der Waals surface area contributed by atoms with Crippen LogP contribution in [0.1, 0.15) is 35.1 Å². The second-order valence-electron chi connectivity index (χ2n) is 9.21. The Hall–Kier alpha value is -2.84. The van der Waals surface area contributed by atoms with Gasteiger partial charge < -0.3 is 9.59 Å². The van der Waals surface area contributed by atoms with Gasteiger partial charge in [-0.2, -0.15) is 26.3 Å². The summed E-state index contributed by atoms with van der Waals surface area (Å²) in [5, 5.41) is 10.0. The van der Waals surface area contributed by atoms with Gasteiger partial charge in [0.25, 0.3) is 0 Å². The molecular weight excluding hydrogens is 468 g/mol. The molecule has 0 radical (unpaired) electrons. The van der Waals surface area contributed by atoms with Crippen molar-refractivity contribution in [2.75, 3.05) is 13.2 Å². The van der Waals surface area contributed by atoms with E-state index >= 15 is 0 Å². The average molecular weight is 494 g/mol. The van der Waals surface area contributed by atoms with Crippen molar-refractivity contribution >= 4 is 0 Å². The smallest absolute Gasteiger partial charge is 0.390 e. The highest BCUT2D eigenvalue weighted by Gasteiger charge is 2.43. The van der Waals surface area contributed by atoms with Crippen LogP contribution in [-0.2, 0) is 25.4 Å². The molecule has 0 aromatic heterocycles. The Labute approximate surface area is 200 Å². The number of nitrogens with zero attached hydrogens (tertiary/aromatic N) is 1. The van der Waals surface area contributed by atoms with Crippen LogP contribution < -0.4 is 0 Å². The van der Waals surface area contributed by atoms with E-state index in [4.69, 9.17) is 0 Å². The van der Waals surface area contributed by atoms with E-state index in [0.29, 0.717) is 19.5 Å². The van der Waals surface area contributed by atoms with Gasteiger partial charge in [0.05, 0.1) is 24.3 Å². The lowest BCUT2D eigenvalue weighted by Crippen LogP contribution is -2.51. The molecule has 4 rings (SSSR count). The maximum Gasteiger partial charge on any atom is 0.416 e. The number of alkyl halides is 6. The molecular formula is C27H26F6NO+. The molecule has 2 atom stereocenters. The van der Waals surface area contributed by atoms with E-state index in [9.17, 15) is 31.4 Å². The molecule has 1 heterocycles. The van der Waals surface area contributed by atoms with Crippen LogP contribution in [-0.4, -0.2) is 28.8 Å². The van der Waals surface area contributed by atoms with Crippen molar-refractivity contribution in [2.45, 2.75) is 44.3 Å². The first kappa shape index (κ1) is 25.3. The minimum absolute atomic E-state index is 0.0291. The summed E-state index contributed by atoms with van der Waals surface area (Å²) >= 11 is 0. The Morgan fingerprint density at radius 1 is 0.714 bits per heavy atom. The number of halogens is 6. The van der Waals surface area contributed by atoms with Gasteiger partial charge in [-0.05, 0) is 29.3 Å². The summed E-state index contributed by atoms with van der Waals surface area (Å²) in [6.07, 6.45) is -8.40. The fourth-order valence-corrected chi connectivity index (χ4v) is 5.11. The summed E-state index contributed by atoms with van der Waals surface area (Å²) in [6.45, 7) is 0.743. The summed E-state index contributed by atoms with van der Waals surface area (Å²) in [4.78, 5) is 0. The van der Waals surface area contributed by atoms with E-state index in [1.807, 2.05) is 54.6 Å². The normalized spacial score (nSPS) is 20.8. The van der Waals surface area contributed by atoms with Crippen molar-refractivity contribution in [1.82, 2.24) is 0 Å². The number of aliphatic hydroxyl groups excluding tert-OH is 1. The third-order valence-electron chi connectivity index (χ3n) is 6.83. The lowest BCUT2D eigenvalue weighted by molar-refractivity contribution is -0.964. The molecule has 35 heavy (non-hydrogen) atoms. The minimum Gasteiger partial charge on any atom is -0.390 e. The number of hydrogen-bond acceptors (Lipinski definition) is 1. The number of quaternary nitrogens is 1. The zero-order valence-electron chi connectivity index (χ0n) is 18.9. The number of benzene rings is 3. The minimum atomic E-state index is -4.89. The Balaban J connectivity index is 1.68. The first-order valence-electron chi connectivity index (χ1n) is 11.4. The van der Waals surface area contributed by atoms with Crippen molar-refractivity contribution in [3.05, 3.63) is 95.1 Å². The Bertz CT molecular complexity index is 1110. The molecule has 1 unspecified atom stereocenters. The van der Waals surface area contributed by atoms with Crippen LogP contribution in [0.4, 0.5) is 26.3 Å². The number of aliphatic hydroxyl groups is 1. The number of hydrogen-bond donors (Lipinski definition) is 1. The van der Waals surface area contributed by atoms with Gasteiger partial charge in [0.2, 0.25) is 0 Å². The standard InChI is InChI=1S/C27H26F6NO/c28-26(29,30)23-13-20(14-24(15-23)27(31,32)33)17-34(12-4-7-25(34)18-35)16-19-8-10-22(11-9-19)21-5-2-1-3-6-21/h1-3,5-6,8-11,13-15,25,35H,4,7,12,16-18H2/q+1/t25-,34?/m0/s1. The fourth-order valence-electron chi connectivity index (χ4n) is 5.11. The molecule has 0 aliphatic carbocycles. The average Bonchev–Trinajstić information content (AvgIpc) is 3.20. The molecule has 186 valence electrons. The number of rotatable bonds is 6. The van der Waals surface area contributed by atoms with Crippen molar-refractivity contribution in [1.29, 1.82) is 0 Å². The van der Waals surface area contributed by atoms with Gasteiger partial charge in [-0.1, -0.05) is 54.6 Å². The molecule has 1 fully saturated rings. The number of likely N-dealkylation sites (tertiary alicyclic amines) is 1. The van der Waals surface area contributed by atoms with Crippen LogP contribution in [0, 0.1) is 0 Å². The zero-order valence-corrected chi connectivity index (χ0v) is 18.9. The maximum absolute atomic E-state index is 13.4. The fraction of sp³-hybridized carbons (Fsp3) is 0.333. The molecule has 0 bridgehead atoms. The molecule has 1 aliphatic rings. The molecule has 1 N–H and O–H groups in total. The molecule has 0 saturated carbocycles. The SMILES string of the molecule is OC[C@@H]1CCC[N+]1(Cc1ccc(-c2ccccc2)cc1)Cc1cc(C(F)(F)F)cc(C(F)(F)F)c1. The first-order chi connectivity index (χ1) is 16.5. The van der Waals surface area contributed by atoms with Crippen LogP contribution in [0.3, 0.4) is 0 Å². The summed E-state index contributed by atoms with van der Waals surface area (Å²) < 4.78 is 80.6. The predicted molar refractivity (Wildman–Crippen MR) is 121 cm³/mol. The molecule has 3 aromatic carbocycles. The van der Waals surface area contributed by atoms with Gasteiger partial charge in [0, 0.05) is 24.0 Å². The molecule has 3 aromatic rings. The van der Waals surface area contributed by atoms with Crippen LogP contribution in [0.15, 0.2) is 72.8 Å². The quantitative estimate of drug-likeness (QED) is 0.287. The van der Waals surface area contributed by atoms with Crippen molar-refractivity contribution < 1.29 is 35.9 Å². The van der Waals surface area contributed by atoms with Gasteiger partial charge >= 0.3 is 12.4 Å². The highest BCUT2D eigenvalue weighted by atomic mass is 19.4. The van der Waals surface area contributed by atoms with E-state index in [-0.39, 0.29) is 35.3 Å². The second kappa shape index (κ2) is 9.66. The topological polar surface area (TPSA) is 20.2 Å². The third kappa shape index (κ3) is 5.70. The van der Waals surface area contributed by atoms with Gasteiger partial charge in [0.1, 0.15) is 19.1 Å². The van der Waals surface area contributed by atoms with Crippen molar-refractivity contribution in [3.8, 4) is 11.1 Å². The van der Waals surface area contributed by atoms with Gasteiger partial charge in [-0.25, -0.2) is 0 Å². The van der Waals surface area contributed by atoms with E-state index in [1.165, 1.54) is 0 Å². The van der Waals surface area contributed by atoms with Gasteiger partial charge in [-0.15, -0.1) is 0 Å². The first-order valence-corrected chi connectivity index (χ1v) is 11.4. The molecule has 1 saturated heterocycles. The molecule has 0 amide bonds. The largest absolute Gasteiger partial charge is 0.416 e. The summed E-state index contributed by atoms with van der Waals surface area (Å²) in [5.41, 5.74) is 0.302. The van der Waals surface area contributed by atoms with Crippen LogP contribution >= 0.6 is 0 Å². The van der Waals surface area contributed by atoms with Gasteiger partial charge in [-0.3, -0.25) is 0 Å². The lowest BCUT2D eigenvalue weighted by atomic mass is 10.0.